The fourth-order valence-corrected chi connectivity index (χ4v) is 3.63. The van der Waals surface area contributed by atoms with E-state index in [0.29, 0.717) is 34.5 Å². The molecule has 0 saturated carbocycles. The quantitative estimate of drug-likeness (QED) is 0.483. The van der Waals surface area contributed by atoms with Crippen molar-refractivity contribution in [1.29, 1.82) is 0 Å². The van der Waals surface area contributed by atoms with Crippen LogP contribution >= 0.6 is 0 Å². The topological polar surface area (TPSA) is 77.2 Å². The lowest BCUT2D eigenvalue weighted by Gasteiger charge is -2.27. The van der Waals surface area contributed by atoms with Crippen LogP contribution in [0, 0.1) is 0 Å². The van der Waals surface area contributed by atoms with E-state index < -0.39 is 0 Å². The van der Waals surface area contributed by atoms with E-state index in [9.17, 15) is 9.90 Å². The van der Waals surface area contributed by atoms with E-state index in [1.807, 2.05) is 20.8 Å². The monoisotopic (exact) mass is 393 g/mol. The first-order valence-corrected chi connectivity index (χ1v) is 9.68. The maximum atomic E-state index is 12.7. The van der Waals surface area contributed by atoms with Crippen LogP contribution in [0.4, 0.5) is 0 Å². The molecule has 1 aromatic heterocycles. The molecule has 0 amide bonds. The van der Waals surface area contributed by atoms with Gasteiger partial charge < -0.3 is 9.84 Å². The van der Waals surface area contributed by atoms with Crippen LogP contribution < -0.4 is 4.74 Å². The molecule has 0 aliphatic rings. The Balaban J connectivity index is 2.34. The van der Waals surface area contributed by atoms with Gasteiger partial charge in [-0.25, -0.2) is 0 Å². The fraction of sp³-hybridized carbons (Fsp3) is 0.348. The van der Waals surface area contributed by atoms with Gasteiger partial charge in [0.2, 0.25) is 0 Å². The number of hydrogen-bond donors (Lipinski definition) is 1. The molecule has 3 aromatic rings. The number of aromatic hydroxyl groups is 1. The summed E-state index contributed by atoms with van der Waals surface area (Å²) in [6, 6.07) is 7.05. The number of carbonyl (C=O) groups excluding carboxylic acids is 1. The van der Waals surface area contributed by atoms with Crippen molar-refractivity contribution >= 4 is 16.8 Å². The molecule has 0 aliphatic carbocycles. The van der Waals surface area contributed by atoms with Gasteiger partial charge in [-0.15, -0.1) is 15.0 Å². The minimum Gasteiger partial charge on any atom is -0.505 e. The second kappa shape index (κ2) is 7.70. The largest absolute Gasteiger partial charge is 0.505 e. The van der Waals surface area contributed by atoms with Crippen LogP contribution in [0.5, 0.6) is 11.5 Å². The average molecular weight is 393 g/mol. The third kappa shape index (κ3) is 3.75. The van der Waals surface area contributed by atoms with Crippen LogP contribution in [0.1, 0.15) is 55.6 Å². The van der Waals surface area contributed by atoms with Crippen molar-refractivity contribution in [2.24, 2.45) is 0 Å². The minimum absolute atomic E-state index is 0.0915. The van der Waals surface area contributed by atoms with Gasteiger partial charge in [0.1, 0.15) is 28.2 Å². The summed E-state index contributed by atoms with van der Waals surface area (Å²) in [6.45, 7) is 11.8. The van der Waals surface area contributed by atoms with Gasteiger partial charge in [-0.05, 0) is 41.7 Å². The average Bonchev–Trinajstić information content (AvgIpc) is 3.09. The van der Waals surface area contributed by atoms with Gasteiger partial charge in [0, 0.05) is 17.2 Å². The maximum absolute atomic E-state index is 12.7. The summed E-state index contributed by atoms with van der Waals surface area (Å²) in [5.74, 6) is 0.581. The Morgan fingerprint density at radius 1 is 1.24 bits per heavy atom. The second-order valence-corrected chi connectivity index (χ2v) is 8.06. The first-order chi connectivity index (χ1) is 13.7. The molecule has 0 saturated heterocycles. The highest BCUT2D eigenvalue weighted by molar-refractivity contribution is 6.06. The van der Waals surface area contributed by atoms with Crippen LogP contribution in [-0.2, 0) is 11.8 Å². The van der Waals surface area contributed by atoms with Gasteiger partial charge >= 0.3 is 0 Å². The molecule has 1 heterocycles. The smallest absolute Gasteiger partial charge is 0.185 e. The summed E-state index contributed by atoms with van der Waals surface area (Å²) in [5.41, 5.74) is 3.41. The lowest BCUT2D eigenvalue weighted by Crippen LogP contribution is -2.19. The molecule has 29 heavy (non-hydrogen) atoms. The first-order valence-electron chi connectivity index (χ1n) is 9.68. The number of methoxy groups -OCH3 is 1. The van der Waals surface area contributed by atoms with Crippen molar-refractivity contribution < 1.29 is 14.6 Å². The van der Waals surface area contributed by atoms with E-state index in [4.69, 9.17) is 4.74 Å². The van der Waals surface area contributed by atoms with Gasteiger partial charge in [-0.2, -0.15) is 0 Å². The van der Waals surface area contributed by atoms with Gasteiger partial charge in [-0.3, -0.25) is 4.79 Å². The van der Waals surface area contributed by atoms with Crippen LogP contribution in [0.25, 0.3) is 16.7 Å². The van der Waals surface area contributed by atoms with Crippen molar-refractivity contribution in [3.05, 3.63) is 53.6 Å². The van der Waals surface area contributed by atoms with Crippen molar-refractivity contribution in [1.82, 2.24) is 15.0 Å². The summed E-state index contributed by atoms with van der Waals surface area (Å²) >= 11 is 0. The normalized spacial score (nSPS) is 11.6. The van der Waals surface area contributed by atoms with E-state index in [-0.39, 0.29) is 16.9 Å². The number of rotatable bonds is 6. The lowest BCUT2D eigenvalue weighted by molar-refractivity contribution is 0.104. The predicted octanol–water partition coefficient (Wildman–Crippen LogP) is 4.75. The Morgan fingerprint density at radius 3 is 2.52 bits per heavy atom. The highest BCUT2D eigenvalue weighted by atomic mass is 16.5. The van der Waals surface area contributed by atoms with Crippen LogP contribution in [0.3, 0.4) is 0 Å². The third-order valence-electron chi connectivity index (χ3n) is 4.89. The number of aromatic nitrogens is 3. The van der Waals surface area contributed by atoms with E-state index in [1.54, 1.807) is 31.4 Å². The Hall–Kier alpha value is -3.15. The minimum atomic E-state index is -0.378. The number of benzene rings is 2. The zero-order chi connectivity index (χ0) is 21.3. The number of ether oxygens (including phenoxy) is 1. The Bertz CT molecular complexity index is 1090. The number of phenols is 1. The number of allylic oxidation sites excluding steroid dienone is 1. The predicted molar refractivity (Wildman–Crippen MR) is 114 cm³/mol. The summed E-state index contributed by atoms with van der Waals surface area (Å²) in [7, 11) is 1.59. The molecular weight excluding hydrogens is 366 g/mol. The van der Waals surface area contributed by atoms with Crippen LogP contribution in [0.15, 0.2) is 36.9 Å². The van der Waals surface area contributed by atoms with E-state index in [1.165, 1.54) is 10.9 Å². The highest BCUT2D eigenvalue weighted by Gasteiger charge is 2.29. The highest BCUT2D eigenvalue weighted by Crippen LogP contribution is 2.40. The van der Waals surface area contributed by atoms with Crippen molar-refractivity contribution in [2.45, 2.75) is 46.0 Å². The number of fused-ring (bicyclic) bond motifs is 1. The molecule has 0 unspecified atom stereocenters. The van der Waals surface area contributed by atoms with E-state index in [2.05, 4.69) is 23.7 Å². The Morgan fingerprint density at radius 2 is 1.93 bits per heavy atom. The molecule has 0 spiro atoms. The fourth-order valence-electron chi connectivity index (χ4n) is 3.63. The first kappa shape index (κ1) is 20.6. The summed E-state index contributed by atoms with van der Waals surface area (Å²) in [5, 5.41) is 20.2. The number of phenolic OH excluding ortho intramolecular Hbond substituents is 1. The zero-order valence-corrected chi connectivity index (χ0v) is 17.6. The molecule has 0 atom stereocenters. The van der Waals surface area contributed by atoms with Crippen LogP contribution in [0.2, 0.25) is 0 Å². The molecule has 152 valence electrons. The van der Waals surface area contributed by atoms with Gasteiger partial charge in [-0.1, -0.05) is 40.7 Å². The van der Waals surface area contributed by atoms with Gasteiger partial charge in [0.05, 0.1) is 7.11 Å². The molecule has 2 aromatic carbocycles. The molecular formula is C23H27N3O3. The molecule has 6 nitrogen and oxygen atoms in total. The van der Waals surface area contributed by atoms with E-state index >= 15 is 0 Å². The second-order valence-electron chi connectivity index (χ2n) is 8.06. The molecule has 0 fully saturated rings. The molecule has 0 radical (unpaired) electrons. The van der Waals surface area contributed by atoms with Gasteiger partial charge in [0.15, 0.2) is 5.78 Å². The number of carbonyl (C=O) groups is 1. The maximum Gasteiger partial charge on any atom is 0.185 e. The van der Waals surface area contributed by atoms with Crippen molar-refractivity contribution in [3.8, 4) is 17.2 Å². The molecule has 0 aliphatic heterocycles. The molecule has 3 rings (SSSR count). The number of ketones is 1. The third-order valence-corrected chi connectivity index (χ3v) is 4.89. The lowest BCUT2D eigenvalue weighted by atomic mass is 9.79. The van der Waals surface area contributed by atoms with Gasteiger partial charge in [0.25, 0.3) is 0 Å². The van der Waals surface area contributed by atoms with E-state index in [0.717, 1.165) is 17.5 Å². The summed E-state index contributed by atoms with van der Waals surface area (Å²) in [6.07, 6.45) is 2.84. The number of hydrogen-bond acceptors (Lipinski definition) is 5. The molecule has 6 heteroatoms. The molecule has 1 N–H and O–H groups in total. The van der Waals surface area contributed by atoms with Crippen LogP contribution in [-0.4, -0.2) is 33.0 Å². The van der Waals surface area contributed by atoms with Crippen molar-refractivity contribution in [2.75, 3.05) is 7.11 Å². The molecule has 0 bridgehead atoms. The summed E-state index contributed by atoms with van der Waals surface area (Å²) < 4.78 is 5.25. The zero-order valence-electron chi connectivity index (χ0n) is 17.6. The SMILES string of the molecule is C=CC(=O)c1cc(-n2nc3ccc(OC)cc3n2)c(O)c(C(C)(C)C)c1CCC. The Kier molecular flexibility index (Phi) is 5.46. The van der Waals surface area contributed by atoms with Crippen molar-refractivity contribution in [3.63, 3.8) is 0 Å². The Labute approximate surface area is 170 Å². The summed E-state index contributed by atoms with van der Waals surface area (Å²) in [4.78, 5) is 14.1. The number of nitrogens with zero attached hydrogens (tertiary/aromatic N) is 3. The standard InChI is InChI=1S/C23H27N3O3/c1-7-9-15-16(20(27)8-2)13-19(22(28)21(15)23(3,4)5)26-24-17-11-10-14(29-6)12-18(17)25-26/h8,10-13,28H,2,7,9H2,1,3-6H3.